The number of hydrogen-bond donors (Lipinski definition) is 1. The first-order valence-corrected chi connectivity index (χ1v) is 9.37. The maximum atomic E-state index is 11.4. The molecule has 0 saturated heterocycles. The molecule has 0 atom stereocenters. The monoisotopic (exact) mass is 398 g/mol. The van der Waals surface area contributed by atoms with Crippen LogP contribution in [0.1, 0.15) is 12.0 Å². The largest absolute Gasteiger partial charge is 0.481 e. The van der Waals surface area contributed by atoms with E-state index < -0.39 is 10.9 Å². The number of carboxylic acids is 1. The molecule has 1 aliphatic rings. The van der Waals surface area contributed by atoms with Crippen molar-refractivity contribution in [3.63, 3.8) is 0 Å². The summed E-state index contributed by atoms with van der Waals surface area (Å²) in [5.41, 5.74) is 3.71. The second kappa shape index (κ2) is 8.22. The molecule has 1 N–H and O–H groups in total. The molecule has 0 saturated carbocycles. The van der Waals surface area contributed by atoms with Crippen molar-refractivity contribution in [3.05, 3.63) is 58.1 Å². The van der Waals surface area contributed by atoms with Crippen LogP contribution in [0.2, 0.25) is 0 Å². The summed E-state index contributed by atoms with van der Waals surface area (Å²) in [4.78, 5) is 23.7. The minimum absolute atomic E-state index is 0.0305. The third kappa shape index (κ3) is 4.55. The zero-order chi connectivity index (χ0) is 20.3. The van der Waals surface area contributed by atoms with Crippen LogP contribution in [0.25, 0.3) is 11.1 Å². The van der Waals surface area contributed by atoms with Crippen molar-refractivity contribution in [2.45, 2.75) is 6.42 Å². The third-order valence-corrected chi connectivity index (χ3v) is 5.07. The van der Waals surface area contributed by atoms with Gasteiger partial charge >= 0.3 is 5.97 Å². The Labute approximate surface area is 165 Å². The van der Waals surface area contributed by atoms with Gasteiger partial charge < -0.3 is 10.0 Å². The summed E-state index contributed by atoms with van der Waals surface area (Å²) in [5.74, 6) is -1.03. The summed E-state index contributed by atoms with van der Waals surface area (Å²) in [6.07, 6.45) is 0.357. The fraction of sp³-hybridized carbons (Fsp3) is 0.211. The van der Waals surface area contributed by atoms with Gasteiger partial charge in [0.05, 0.1) is 16.4 Å². The number of benzene rings is 2. The zero-order valence-corrected chi connectivity index (χ0v) is 16.1. The van der Waals surface area contributed by atoms with E-state index >= 15 is 0 Å². The van der Waals surface area contributed by atoms with Crippen LogP contribution in [0.15, 0.2) is 52.7 Å². The van der Waals surface area contributed by atoms with Gasteiger partial charge in [0.15, 0.2) is 0 Å². The Kier molecular flexibility index (Phi) is 5.74. The minimum atomic E-state index is -0.931. The number of non-ortho nitro benzene ring substituents is 1. The Bertz CT molecular complexity index is 1000. The molecule has 1 heterocycles. The molecule has 28 heavy (non-hydrogen) atoms. The molecule has 8 nitrogen and oxygen atoms in total. The van der Waals surface area contributed by atoms with E-state index in [4.69, 9.17) is 5.11 Å². The molecular formula is C19H18N4O4S. The van der Waals surface area contributed by atoms with Gasteiger partial charge in [-0.2, -0.15) is 5.10 Å². The maximum absolute atomic E-state index is 11.4. The van der Waals surface area contributed by atoms with Gasteiger partial charge in [-0.3, -0.25) is 14.9 Å². The van der Waals surface area contributed by atoms with Crippen molar-refractivity contribution in [2.75, 3.05) is 24.7 Å². The van der Waals surface area contributed by atoms with E-state index in [2.05, 4.69) is 10.2 Å². The molecule has 0 amide bonds. The van der Waals surface area contributed by atoms with E-state index in [-0.39, 0.29) is 11.4 Å². The van der Waals surface area contributed by atoms with Crippen molar-refractivity contribution in [1.29, 1.82) is 0 Å². The van der Waals surface area contributed by atoms with Crippen LogP contribution in [0.5, 0.6) is 0 Å². The van der Waals surface area contributed by atoms with E-state index in [0.29, 0.717) is 28.3 Å². The Morgan fingerprint density at radius 1 is 1.18 bits per heavy atom. The Balaban J connectivity index is 1.93. The first kappa shape index (κ1) is 19.6. The first-order valence-electron chi connectivity index (χ1n) is 8.39. The van der Waals surface area contributed by atoms with Gasteiger partial charge in [-0.15, -0.1) is 5.10 Å². The van der Waals surface area contributed by atoms with Crippen molar-refractivity contribution in [1.82, 2.24) is 0 Å². The smallest absolute Gasteiger partial charge is 0.313 e. The maximum Gasteiger partial charge on any atom is 0.313 e. The summed E-state index contributed by atoms with van der Waals surface area (Å²) in [6, 6.07) is 12.6. The summed E-state index contributed by atoms with van der Waals surface area (Å²) < 4.78 is 0. The van der Waals surface area contributed by atoms with Crippen molar-refractivity contribution in [2.24, 2.45) is 10.2 Å². The number of nitro benzene ring substituents is 1. The molecule has 3 rings (SSSR count). The quantitative estimate of drug-likeness (QED) is 0.588. The van der Waals surface area contributed by atoms with Gasteiger partial charge in [0.1, 0.15) is 5.04 Å². The molecule has 0 radical (unpaired) electrons. The summed E-state index contributed by atoms with van der Waals surface area (Å²) in [5, 5.41) is 28.9. The number of rotatable bonds is 6. The second-order valence-electron chi connectivity index (χ2n) is 6.37. The number of thioether (sulfide) groups is 1. The zero-order valence-electron chi connectivity index (χ0n) is 15.3. The van der Waals surface area contributed by atoms with Crippen LogP contribution in [-0.4, -0.2) is 46.6 Å². The Morgan fingerprint density at radius 3 is 2.61 bits per heavy atom. The summed E-state index contributed by atoms with van der Waals surface area (Å²) in [7, 11) is 3.86. The van der Waals surface area contributed by atoms with Gasteiger partial charge in [0.2, 0.25) is 0 Å². The third-order valence-electron chi connectivity index (χ3n) is 4.12. The average molecular weight is 398 g/mol. The SMILES string of the molecule is CN(C)c1cccc(-c2cc(C3=NN=C(SCC(=O)O)C3)cc([N+](=O)[O-])c2)c1. The lowest BCUT2D eigenvalue weighted by Gasteiger charge is -2.14. The topological polar surface area (TPSA) is 108 Å². The van der Waals surface area contributed by atoms with E-state index in [1.807, 2.05) is 49.3 Å². The number of nitro groups is 1. The number of carbonyl (C=O) groups is 1. The minimum Gasteiger partial charge on any atom is -0.481 e. The standard InChI is InChI=1S/C19H18N4O4S/c1-22(2)15-5-3-4-12(7-15)13-6-14(9-16(8-13)23(26)27)17-10-18(21-20-17)28-11-19(24)25/h3-9H,10-11H2,1-2H3,(H,24,25). The van der Waals surface area contributed by atoms with E-state index in [1.54, 1.807) is 0 Å². The molecule has 0 fully saturated rings. The van der Waals surface area contributed by atoms with Crippen LogP contribution >= 0.6 is 11.8 Å². The predicted molar refractivity (Wildman–Crippen MR) is 112 cm³/mol. The average Bonchev–Trinajstić information content (AvgIpc) is 3.15. The molecule has 1 aliphatic heterocycles. The fourth-order valence-corrected chi connectivity index (χ4v) is 3.36. The number of nitrogens with zero attached hydrogens (tertiary/aromatic N) is 4. The van der Waals surface area contributed by atoms with E-state index in [0.717, 1.165) is 23.0 Å². The molecule has 144 valence electrons. The van der Waals surface area contributed by atoms with Crippen molar-refractivity contribution < 1.29 is 14.8 Å². The molecule has 0 bridgehead atoms. The normalized spacial score (nSPS) is 13.1. The molecule has 0 unspecified atom stereocenters. The Hall–Kier alpha value is -3.20. The van der Waals surface area contributed by atoms with Crippen LogP contribution < -0.4 is 4.90 Å². The van der Waals surface area contributed by atoms with Crippen LogP contribution in [0, 0.1) is 10.1 Å². The number of anilines is 1. The number of aliphatic carboxylic acids is 1. The van der Waals surface area contributed by atoms with Gasteiger partial charge in [0, 0.05) is 43.9 Å². The molecule has 2 aromatic rings. The lowest BCUT2D eigenvalue weighted by Crippen LogP contribution is -2.08. The van der Waals surface area contributed by atoms with Gasteiger partial charge in [-0.05, 0) is 29.3 Å². The highest BCUT2D eigenvalue weighted by atomic mass is 32.2. The second-order valence-corrected chi connectivity index (χ2v) is 7.42. The van der Waals surface area contributed by atoms with Gasteiger partial charge in [-0.25, -0.2) is 0 Å². The summed E-state index contributed by atoms with van der Waals surface area (Å²) >= 11 is 1.10. The highest BCUT2D eigenvalue weighted by molar-refractivity contribution is 8.14. The van der Waals surface area contributed by atoms with Crippen molar-refractivity contribution >= 4 is 39.9 Å². The first-order chi connectivity index (χ1) is 13.3. The molecule has 9 heteroatoms. The van der Waals surface area contributed by atoms with Crippen molar-refractivity contribution in [3.8, 4) is 11.1 Å². The van der Waals surface area contributed by atoms with Gasteiger partial charge in [-0.1, -0.05) is 23.9 Å². The lowest BCUT2D eigenvalue weighted by atomic mass is 9.98. The Morgan fingerprint density at radius 2 is 1.93 bits per heavy atom. The number of hydrogen-bond acceptors (Lipinski definition) is 7. The fourth-order valence-electron chi connectivity index (χ4n) is 2.73. The highest BCUT2D eigenvalue weighted by Gasteiger charge is 2.20. The van der Waals surface area contributed by atoms with E-state index in [9.17, 15) is 14.9 Å². The molecular weight excluding hydrogens is 380 g/mol. The van der Waals surface area contributed by atoms with Gasteiger partial charge in [0.25, 0.3) is 5.69 Å². The van der Waals surface area contributed by atoms with E-state index in [1.165, 1.54) is 12.1 Å². The predicted octanol–water partition coefficient (Wildman–Crippen LogP) is 3.65. The molecule has 0 spiro atoms. The molecule has 0 aromatic heterocycles. The number of carboxylic acid groups (broad SMARTS) is 1. The van der Waals surface area contributed by atoms with Crippen LogP contribution in [0.4, 0.5) is 11.4 Å². The summed E-state index contributed by atoms with van der Waals surface area (Å²) in [6.45, 7) is 0. The van der Waals surface area contributed by atoms with Crippen LogP contribution in [0.3, 0.4) is 0 Å². The lowest BCUT2D eigenvalue weighted by molar-refractivity contribution is -0.384. The van der Waals surface area contributed by atoms with Crippen LogP contribution in [-0.2, 0) is 4.79 Å². The molecule has 0 aliphatic carbocycles. The highest BCUT2D eigenvalue weighted by Crippen LogP contribution is 2.30. The molecule has 2 aromatic carbocycles.